The molecule has 1 rings (SSSR count). The minimum absolute atomic E-state index is 0.361. The molecule has 1 aromatic rings. The Morgan fingerprint density at radius 1 is 1.33 bits per heavy atom. The second kappa shape index (κ2) is 5.78. The zero-order valence-electron chi connectivity index (χ0n) is 8.69. The van der Waals surface area contributed by atoms with Gasteiger partial charge in [0.1, 0.15) is 11.5 Å². The van der Waals surface area contributed by atoms with Crippen molar-refractivity contribution < 1.29 is 14.3 Å². The Hall–Kier alpha value is -1.87. The first-order valence-electron chi connectivity index (χ1n) is 4.42. The summed E-state index contributed by atoms with van der Waals surface area (Å²) in [5.41, 5.74) is 0.856. The highest BCUT2D eigenvalue weighted by Gasteiger charge is 2.09. The van der Waals surface area contributed by atoms with Crippen LogP contribution < -0.4 is 9.47 Å². The van der Waals surface area contributed by atoms with Gasteiger partial charge in [0.05, 0.1) is 33.2 Å². The first-order chi connectivity index (χ1) is 7.33. The summed E-state index contributed by atoms with van der Waals surface area (Å²) in [5, 5.41) is 0. The largest absolute Gasteiger partial charge is 0.495 e. The molecule has 0 aliphatic heterocycles. The number of isocyanates is 1. The number of aliphatic imine (C=N–C) groups is 1. The highest BCUT2D eigenvalue weighted by atomic mass is 16.5. The van der Waals surface area contributed by atoms with Crippen molar-refractivity contribution >= 4 is 6.08 Å². The maximum Gasteiger partial charge on any atom is 0.234 e. The normalized spacial score (nSPS) is 9.20. The number of hydrogen-bond acceptors (Lipinski definition) is 5. The minimum atomic E-state index is 0.361. The van der Waals surface area contributed by atoms with Gasteiger partial charge in [-0.2, -0.15) is 0 Å². The topological polar surface area (TPSA) is 60.8 Å². The molecule has 15 heavy (non-hydrogen) atoms. The Bertz CT molecular complexity index is 351. The van der Waals surface area contributed by atoms with Crippen LogP contribution in [0.5, 0.6) is 11.5 Å². The van der Waals surface area contributed by atoms with Crippen LogP contribution in [-0.2, 0) is 11.2 Å². The van der Waals surface area contributed by atoms with E-state index in [2.05, 4.69) is 9.98 Å². The lowest BCUT2D eigenvalue weighted by Crippen LogP contribution is -1.99. The lowest BCUT2D eigenvalue weighted by Gasteiger charge is -2.10. The van der Waals surface area contributed by atoms with E-state index in [1.165, 1.54) is 6.08 Å². The zero-order chi connectivity index (χ0) is 11.1. The molecule has 0 aromatic carbocycles. The summed E-state index contributed by atoms with van der Waals surface area (Å²) in [6, 6.07) is 0. The SMILES string of the molecule is COc1cncc(OC)c1CCN=C=O. The average Bonchev–Trinajstić information content (AvgIpc) is 2.29. The summed E-state index contributed by atoms with van der Waals surface area (Å²) in [6.07, 6.45) is 5.25. The molecule has 1 aromatic heterocycles. The van der Waals surface area contributed by atoms with Crippen molar-refractivity contribution in [3.63, 3.8) is 0 Å². The van der Waals surface area contributed by atoms with Crippen LogP contribution in [0.3, 0.4) is 0 Å². The van der Waals surface area contributed by atoms with Gasteiger partial charge in [0.15, 0.2) is 0 Å². The number of ether oxygens (including phenoxy) is 2. The van der Waals surface area contributed by atoms with Gasteiger partial charge in [-0.1, -0.05) is 0 Å². The molecule has 0 N–H and O–H groups in total. The number of methoxy groups -OCH3 is 2. The quantitative estimate of drug-likeness (QED) is 0.534. The van der Waals surface area contributed by atoms with E-state index in [-0.39, 0.29) is 0 Å². The highest BCUT2D eigenvalue weighted by molar-refractivity contribution is 5.42. The Morgan fingerprint density at radius 3 is 2.40 bits per heavy atom. The molecule has 0 radical (unpaired) electrons. The van der Waals surface area contributed by atoms with Crippen molar-refractivity contribution in [3.05, 3.63) is 18.0 Å². The minimum Gasteiger partial charge on any atom is -0.495 e. The van der Waals surface area contributed by atoms with Gasteiger partial charge in [-0.3, -0.25) is 4.98 Å². The molecule has 0 bridgehead atoms. The van der Waals surface area contributed by atoms with Crippen LogP contribution in [0.4, 0.5) is 0 Å². The van der Waals surface area contributed by atoms with Crippen LogP contribution in [0.1, 0.15) is 5.56 Å². The molecule has 0 saturated carbocycles. The molecule has 1 heterocycles. The van der Waals surface area contributed by atoms with Crippen LogP contribution >= 0.6 is 0 Å². The second-order valence-corrected chi connectivity index (χ2v) is 2.75. The van der Waals surface area contributed by atoms with Gasteiger partial charge >= 0.3 is 0 Å². The average molecular weight is 208 g/mol. The van der Waals surface area contributed by atoms with Crippen molar-refractivity contribution in [2.75, 3.05) is 20.8 Å². The van der Waals surface area contributed by atoms with Crippen molar-refractivity contribution in [3.8, 4) is 11.5 Å². The first kappa shape index (κ1) is 11.2. The maximum atomic E-state index is 9.94. The Labute approximate surface area is 87.8 Å². The fourth-order valence-electron chi connectivity index (χ4n) is 1.26. The Balaban J connectivity index is 2.94. The van der Waals surface area contributed by atoms with Crippen molar-refractivity contribution in [2.45, 2.75) is 6.42 Å². The number of carbonyl (C=O) groups excluding carboxylic acids is 1. The van der Waals surface area contributed by atoms with Gasteiger partial charge < -0.3 is 9.47 Å². The lowest BCUT2D eigenvalue weighted by molar-refractivity contribution is 0.382. The van der Waals surface area contributed by atoms with Crippen molar-refractivity contribution in [1.29, 1.82) is 0 Å². The van der Waals surface area contributed by atoms with E-state index >= 15 is 0 Å². The summed E-state index contributed by atoms with van der Waals surface area (Å²) in [7, 11) is 3.12. The van der Waals surface area contributed by atoms with Crippen LogP contribution in [-0.4, -0.2) is 31.8 Å². The number of hydrogen-bond donors (Lipinski definition) is 0. The molecular weight excluding hydrogens is 196 g/mol. The number of aromatic nitrogens is 1. The standard InChI is InChI=1S/C10H12N2O3/c1-14-9-5-12-6-10(15-2)8(9)3-4-11-7-13/h5-6H,3-4H2,1-2H3. The smallest absolute Gasteiger partial charge is 0.234 e. The van der Waals surface area contributed by atoms with E-state index < -0.39 is 0 Å². The van der Waals surface area contributed by atoms with Crippen molar-refractivity contribution in [1.82, 2.24) is 4.98 Å². The molecule has 5 nitrogen and oxygen atoms in total. The van der Waals surface area contributed by atoms with Gasteiger partial charge in [0.25, 0.3) is 0 Å². The summed E-state index contributed by atoms with van der Waals surface area (Å²) in [4.78, 5) is 17.4. The number of nitrogens with zero attached hydrogens (tertiary/aromatic N) is 2. The summed E-state index contributed by atoms with van der Waals surface area (Å²) in [5.74, 6) is 1.27. The van der Waals surface area contributed by atoms with E-state index in [0.29, 0.717) is 24.5 Å². The molecule has 0 fully saturated rings. The van der Waals surface area contributed by atoms with Crippen LogP contribution in [0.15, 0.2) is 17.4 Å². The van der Waals surface area contributed by atoms with E-state index in [9.17, 15) is 4.79 Å². The van der Waals surface area contributed by atoms with E-state index in [0.717, 1.165) is 5.56 Å². The molecule has 0 unspecified atom stereocenters. The van der Waals surface area contributed by atoms with Gasteiger partial charge in [0.2, 0.25) is 6.08 Å². The fourth-order valence-corrected chi connectivity index (χ4v) is 1.26. The Morgan fingerprint density at radius 2 is 1.93 bits per heavy atom. The van der Waals surface area contributed by atoms with Crippen LogP contribution in [0, 0.1) is 0 Å². The molecule has 0 aliphatic rings. The summed E-state index contributed by atoms with van der Waals surface area (Å²) < 4.78 is 10.3. The highest BCUT2D eigenvalue weighted by Crippen LogP contribution is 2.26. The maximum absolute atomic E-state index is 9.94. The number of rotatable bonds is 5. The Kier molecular flexibility index (Phi) is 4.31. The predicted octanol–water partition coefficient (Wildman–Crippen LogP) is 0.977. The molecular formula is C10H12N2O3. The van der Waals surface area contributed by atoms with Crippen molar-refractivity contribution in [2.24, 2.45) is 4.99 Å². The monoisotopic (exact) mass is 208 g/mol. The zero-order valence-corrected chi connectivity index (χ0v) is 8.69. The molecule has 0 spiro atoms. The fraction of sp³-hybridized carbons (Fsp3) is 0.400. The van der Waals surface area contributed by atoms with Gasteiger partial charge in [0, 0.05) is 12.0 Å². The third kappa shape index (κ3) is 2.79. The number of pyridine rings is 1. The van der Waals surface area contributed by atoms with Crippen LogP contribution in [0.25, 0.3) is 0 Å². The molecule has 80 valence electrons. The van der Waals surface area contributed by atoms with Gasteiger partial charge in [-0.15, -0.1) is 0 Å². The van der Waals surface area contributed by atoms with Gasteiger partial charge in [-0.25, -0.2) is 9.79 Å². The molecule has 0 saturated heterocycles. The molecule has 0 amide bonds. The third-order valence-corrected chi connectivity index (χ3v) is 1.96. The van der Waals surface area contributed by atoms with Gasteiger partial charge in [-0.05, 0) is 0 Å². The van der Waals surface area contributed by atoms with E-state index in [4.69, 9.17) is 9.47 Å². The lowest BCUT2D eigenvalue weighted by atomic mass is 10.1. The molecule has 0 aliphatic carbocycles. The molecule has 0 atom stereocenters. The second-order valence-electron chi connectivity index (χ2n) is 2.75. The summed E-state index contributed by atoms with van der Waals surface area (Å²) >= 11 is 0. The molecule has 5 heteroatoms. The van der Waals surface area contributed by atoms with E-state index in [1.54, 1.807) is 26.6 Å². The first-order valence-corrected chi connectivity index (χ1v) is 4.42. The van der Waals surface area contributed by atoms with Crippen LogP contribution in [0.2, 0.25) is 0 Å². The predicted molar refractivity (Wildman–Crippen MR) is 54.0 cm³/mol. The summed E-state index contributed by atoms with van der Waals surface area (Å²) in [6.45, 7) is 0.361. The van der Waals surface area contributed by atoms with E-state index in [1.807, 2.05) is 0 Å². The third-order valence-electron chi connectivity index (χ3n) is 1.96.